The van der Waals surface area contributed by atoms with Crippen molar-refractivity contribution in [2.75, 3.05) is 0 Å². The van der Waals surface area contributed by atoms with Crippen LogP contribution < -0.4 is 5.73 Å². The molecule has 0 saturated carbocycles. The van der Waals surface area contributed by atoms with E-state index in [9.17, 15) is 0 Å². The van der Waals surface area contributed by atoms with Crippen molar-refractivity contribution in [1.29, 1.82) is 0 Å². The largest absolute Gasteiger partial charge is 0.327 e. The summed E-state index contributed by atoms with van der Waals surface area (Å²) in [6.45, 7) is 4.43. The van der Waals surface area contributed by atoms with Crippen molar-refractivity contribution < 1.29 is 0 Å². The fourth-order valence-corrected chi connectivity index (χ4v) is 2.74. The van der Waals surface area contributed by atoms with Crippen LogP contribution >= 0.6 is 23.2 Å². The second-order valence-corrected chi connectivity index (χ2v) is 5.77. The van der Waals surface area contributed by atoms with E-state index in [0.717, 1.165) is 6.42 Å². The maximum Gasteiger partial charge on any atom is 0.0595 e. The lowest BCUT2D eigenvalue weighted by atomic mass is 9.87. The van der Waals surface area contributed by atoms with Gasteiger partial charge in [0.15, 0.2) is 0 Å². The highest BCUT2D eigenvalue weighted by Crippen LogP contribution is 2.25. The van der Waals surface area contributed by atoms with Crippen molar-refractivity contribution in [2.24, 2.45) is 11.7 Å². The molecule has 0 aliphatic rings. The van der Waals surface area contributed by atoms with E-state index in [1.807, 2.05) is 18.2 Å². The zero-order chi connectivity index (χ0) is 13.5. The Morgan fingerprint density at radius 3 is 2.17 bits per heavy atom. The molecule has 0 amide bonds. The first-order valence-electron chi connectivity index (χ1n) is 6.78. The van der Waals surface area contributed by atoms with E-state index >= 15 is 0 Å². The van der Waals surface area contributed by atoms with Crippen LogP contribution in [0.3, 0.4) is 0 Å². The van der Waals surface area contributed by atoms with Gasteiger partial charge in [-0.15, -0.1) is 0 Å². The van der Waals surface area contributed by atoms with Gasteiger partial charge in [-0.25, -0.2) is 0 Å². The summed E-state index contributed by atoms with van der Waals surface area (Å²) in [5.74, 6) is 0.606. The topological polar surface area (TPSA) is 26.0 Å². The minimum Gasteiger partial charge on any atom is -0.327 e. The van der Waals surface area contributed by atoms with Gasteiger partial charge in [0.25, 0.3) is 0 Å². The normalized spacial score (nSPS) is 13.0. The molecular formula is C15H23Cl2N. The van der Waals surface area contributed by atoms with Gasteiger partial charge in [0, 0.05) is 6.04 Å². The highest BCUT2D eigenvalue weighted by Gasteiger charge is 2.16. The number of hydrogen-bond donors (Lipinski definition) is 1. The minimum absolute atomic E-state index is 0.210. The Hall–Kier alpha value is -0.240. The Labute approximate surface area is 121 Å². The fourth-order valence-electron chi connectivity index (χ4n) is 2.42. The van der Waals surface area contributed by atoms with Crippen LogP contribution in [0.5, 0.6) is 0 Å². The summed E-state index contributed by atoms with van der Waals surface area (Å²) in [6, 6.07) is 6.00. The number of benzene rings is 1. The van der Waals surface area contributed by atoms with Crippen LogP contribution in [-0.2, 0) is 6.42 Å². The van der Waals surface area contributed by atoms with Crippen LogP contribution in [0.25, 0.3) is 0 Å². The summed E-state index contributed by atoms with van der Waals surface area (Å²) in [5, 5.41) is 1.22. The SMILES string of the molecule is CCCC(CCC)C(N)Cc1ccc(Cl)c(Cl)c1. The molecule has 1 unspecified atom stereocenters. The molecule has 1 rings (SSSR count). The Morgan fingerprint density at radius 1 is 1.06 bits per heavy atom. The summed E-state index contributed by atoms with van der Waals surface area (Å²) in [4.78, 5) is 0. The third-order valence-electron chi connectivity index (χ3n) is 3.38. The van der Waals surface area contributed by atoms with Crippen LogP contribution in [0, 0.1) is 5.92 Å². The minimum atomic E-state index is 0.210. The monoisotopic (exact) mass is 287 g/mol. The molecule has 0 heterocycles. The Morgan fingerprint density at radius 2 is 1.67 bits per heavy atom. The van der Waals surface area contributed by atoms with E-state index in [-0.39, 0.29) is 6.04 Å². The lowest BCUT2D eigenvalue weighted by Crippen LogP contribution is -2.32. The molecule has 1 aromatic carbocycles. The summed E-state index contributed by atoms with van der Waals surface area (Å²) in [5.41, 5.74) is 7.51. The van der Waals surface area contributed by atoms with E-state index in [2.05, 4.69) is 13.8 Å². The van der Waals surface area contributed by atoms with Crippen molar-refractivity contribution in [3.05, 3.63) is 33.8 Å². The van der Waals surface area contributed by atoms with E-state index in [1.165, 1.54) is 31.2 Å². The molecule has 0 aromatic heterocycles. The molecule has 3 heteroatoms. The van der Waals surface area contributed by atoms with Crippen LogP contribution in [0.4, 0.5) is 0 Å². The standard InChI is InChI=1S/C15H23Cl2N/c1-3-5-12(6-4-2)15(18)10-11-7-8-13(16)14(17)9-11/h7-9,12,15H,3-6,10,18H2,1-2H3. The number of rotatable bonds is 7. The maximum atomic E-state index is 6.33. The predicted octanol–water partition coefficient (Wildman–Crippen LogP) is 5.08. The van der Waals surface area contributed by atoms with E-state index in [0.29, 0.717) is 16.0 Å². The molecule has 0 bridgehead atoms. The Bertz CT molecular complexity index is 360. The molecule has 0 saturated heterocycles. The lowest BCUT2D eigenvalue weighted by Gasteiger charge is -2.23. The average Bonchev–Trinajstić information content (AvgIpc) is 2.33. The maximum absolute atomic E-state index is 6.33. The first-order valence-corrected chi connectivity index (χ1v) is 7.53. The molecule has 1 nitrogen and oxygen atoms in total. The zero-order valence-corrected chi connectivity index (χ0v) is 12.8. The first kappa shape index (κ1) is 15.8. The summed E-state index contributed by atoms with van der Waals surface area (Å²) in [7, 11) is 0. The highest BCUT2D eigenvalue weighted by molar-refractivity contribution is 6.42. The van der Waals surface area contributed by atoms with Crippen molar-refractivity contribution in [2.45, 2.75) is 52.0 Å². The smallest absolute Gasteiger partial charge is 0.0595 e. The van der Waals surface area contributed by atoms with Gasteiger partial charge >= 0.3 is 0 Å². The van der Waals surface area contributed by atoms with Crippen LogP contribution in [0.2, 0.25) is 10.0 Å². The Balaban J connectivity index is 2.66. The van der Waals surface area contributed by atoms with Gasteiger partial charge in [-0.2, -0.15) is 0 Å². The average molecular weight is 288 g/mol. The van der Waals surface area contributed by atoms with Gasteiger partial charge in [0.2, 0.25) is 0 Å². The van der Waals surface area contributed by atoms with E-state index in [1.54, 1.807) is 0 Å². The van der Waals surface area contributed by atoms with Gasteiger partial charge in [-0.05, 0) is 42.9 Å². The third kappa shape index (κ3) is 4.79. The molecule has 1 atom stereocenters. The van der Waals surface area contributed by atoms with Crippen LogP contribution in [-0.4, -0.2) is 6.04 Å². The van der Waals surface area contributed by atoms with Gasteiger partial charge in [-0.3, -0.25) is 0 Å². The predicted molar refractivity (Wildman–Crippen MR) is 81.4 cm³/mol. The first-order chi connectivity index (χ1) is 8.58. The molecule has 2 N–H and O–H groups in total. The molecule has 0 spiro atoms. The summed E-state index contributed by atoms with van der Waals surface area (Å²) < 4.78 is 0. The molecule has 0 fully saturated rings. The van der Waals surface area contributed by atoms with E-state index in [4.69, 9.17) is 28.9 Å². The number of hydrogen-bond acceptors (Lipinski definition) is 1. The molecule has 0 aliphatic heterocycles. The second kappa shape index (κ2) is 8.04. The van der Waals surface area contributed by atoms with Crippen LogP contribution in [0.1, 0.15) is 45.1 Å². The van der Waals surface area contributed by atoms with E-state index < -0.39 is 0 Å². The third-order valence-corrected chi connectivity index (χ3v) is 4.12. The van der Waals surface area contributed by atoms with Crippen molar-refractivity contribution in [3.63, 3.8) is 0 Å². The quantitative estimate of drug-likeness (QED) is 0.744. The molecule has 0 aliphatic carbocycles. The molecule has 1 aromatic rings. The number of nitrogens with two attached hydrogens (primary N) is 1. The van der Waals surface area contributed by atoms with Crippen LogP contribution in [0.15, 0.2) is 18.2 Å². The summed E-state index contributed by atoms with van der Waals surface area (Å²) >= 11 is 11.9. The molecule has 0 radical (unpaired) electrons. The van der Waals surface area contributed by atoms with Gasteiger partial charge in [0.05, 0.1) is 10.0 Å². The molecule has 102 valence electrons. The zero-order valence-electron chi connectivity index (χ0n) is 11.3. The van der Waals surface area contributed by atoms with Gasteiger partial charge < -0.3 is 5.73 Å². The van der Waals surface area contributed by atoms with Gasteiger partial charge in [-0.1, -0.05) is 56.0 Å². The summed E-state index contributed by atoms with van der Waals surface area (Å²) in [6.07, 6.45) is 5.67. The lowest BCUT2D eigenvalue weighted by molar-refractivity contribution is 0.360. The highest BCUT2D eigenvalue weighted by atomic mass is 35.5. The molecule has 18 heavy (non-hydrogen) atoms. The number of halogens is 2. The molecular weight excluding hydrogens is 265 g/mol. The van der Waals surface area contributed by atoms with Gasteiger partial charge in [0.1, 0.15) is 0 Å². The van der Waals surface area contributed by atoms with Crippen molar-refractivity contribution >= 4 is 23.2 Å². The van der Waals surface area contributed by atoms with Crippen molar-refractivity contribution in [3.8, 4) is 0 Å². The second-order valence-electron chi connectivity index (χ2n) is 4.95. The fraction of sp³-hybridized carbons (Fsp3) is 0.600. The Kier molecular flexibility index (Phi) is 7.06. The van der Waals surface area contributed by atoms with Crippen molar-refractivity contribution in [1.82, 2.24) is 0 Å².